The fourth-order valence-corrected chi connectivity index (χ4v) is 18.7. The molecule has 0 spiro atoms. The third-order valence-corrected chi connectivity index (χ3v) is 25.5. The second-order valence-corrected chi connectivity index (χ2v) is 35.1. The number of aryl methyl sites for hydroxylation is 3. The zero-order valence-electron chi connectivity index (χ0n) is 78.9. The molecule has 0 aliphatic rings. The minimum absolute atomic E-state index is 0.0465. The van der Waals surface area contributed by atoms with Gasteiger partial charge in [0.15, 0.2) is 0 Å². The summed E-state index contributed by atoms with van der Waals surface area (Å²) in [4.78, 5) is 116. The lowest BCUT2D eigenvalue weighted by molar-refractivity contribution is 0.380. The van der Waals surface area contributed by atoms with Gasteiger partial charge < -0.3 is 20.7 Å². The molecule has 22 rings (SSSR count). The number of halogens is 2. The normalized spacial score (nSPS) is 12.0. The van der Waals surface area contributed by atoms with E-state index in [1.807, 2.05) is 289 Å². The maximum Gasteiger partial charge on any atom is 0.316 e. The number of ether oxygens (including phenoxy) is 1. The van der Waals surface area contributed by atoms with Crippen LogP contribution in [0.25, 0.3) is 147 Å². The molecule has 0 amide bonds. The highest BCUT2D eigenvalue weighted by atomic mass is 35.5. The van der Waals surface area contributed by atoms with Gasteiger partial charge in [-0.1, -0.05) is 158 Å². The van der Waals surface area contributed by atoms with Gasteiger partial charge in [0.25, 0.3) is 22.2 Å². The lowest BCUT2D eigenvalue weighted by Gasteiger charge is -2.23. The molecule has 0 unspecified atom stereocenters. The highest BCUT2D eigenvalue weighted by Gasteiger charge is 2.28. The quantitative estimate of drug-likeness (QED) is 0.0633. The average molecular weight is 1930 g/mol. The van der Waals surface area contributed by atoms with Crippen LogP contribution in [0.2, 0.25) is 10.0 Å². The van der Waals surface area contributed by atoms with Crippen molar-refractivity contribution in [2.75, 3.05) is 23.1 Å². The van der Waals surface area contributed by atoms with Gasteiger partial charge in [-0.25, -0.2) is 34.5 Å². The molecular formula is C114H87Cl2N23O5. The molecule has 0 saturated carbocycles. The summed E-state index contributed by atoms with van der Waals surface area (Å²) in [6.45, 7) is 34.8. The fourth-order valence-electron chi connectivity index (χ4n) is 18.2. The maximum absolute atomic E-state index is 14.3. The Balaban J connectivity index is 0.000000122. The van der Waals surface area contributed by atoms with Crippen molar-refractivity contribution in [3.8, 4) is 51.0 Å². The zero-order valence-corrected chi connectivity index (χ0v) is 80.4. The number of hydrogen-bond donors (Lipinski definition) is 3. The van der Waals surface area contributed by atoms with Gasteiger partial charge in [-0.15, -0.1) is 0 Å². The molecule has 0 aliphatic carbocycles. The molecule has 0 radical (unpaired) electrons. The van der Waals surface area contributed by atoms with Crippen molar-refractivity contribution in [2.45, 2.75) is 72.0 Å². The summed E-state index contributed by atoms with van der Waals surface area (Å²) in [7, 11) is 3.38. The summed E-state index contributed by atoms with van der Waals surface area (Å²) in [5.74, 6) is 0.651. The smallest absolute Gasteiger partial charge is 0.316 e. The van der Waals surface area contributed by atoms with Crippen LogP contribution in [0.15, 0.2) is 348 Å². The number of benzene rings is 8. The Hall–Kier alpha value is -18.7. The van der Waals surface area contributed by atoms with Crippen molar-refractivity contribution >= 4 is 145 Å². The molecule has 22 aromatic rings. The summed E-state index contributed by atoms with van der Waals surface area (Å²) in [5.41, 5.74) is 19.0. The first-order valence-corrected chi connectivity index (χ1v) is 46.8. The van der Waals surface area contributed by atoms with Crippen molar-refractivity contribution in [1.29, 1.82) is 0 Å². The molecule has 4 atom stereocenters. The van der Waals surface area contributed by atoms with E-state index in [0.717, 1.165) is 112 Å². The van der Waals surface area contributed by atoms with Crippen LogP contribution in [0, 0.1) is 33.6 Å². The number of aromatic nitrogens is 17. The van der Waals surface area contributed by atoms with Gasteiger partial charge >= 0.3 is 6.01 Å². The van der Waals surface area contributed by atoms with Crippen molar-refractivity contribution < 1.29 is 4.74 Å². The van der Waals surface area contributed by atoms with Gasteiger partial charge in [-0.2, -0.15) is 5.10 Å². The third-order valence-electron chi connectivity index (χ3n) is 24.9. The molecule has 14 heterocycles. The number of pyridine rings is 11. The highest BCUT2D eigenvalue weighted by Crippen LogP contribution is 2.41. The highest BCUT2D eigenvalue weighted by molar-refractivity contribution is 6.36. The van der Waals surface area contributed by atoms with E-state index in [2.05, 4.69) is 98.4 Å². The molecule has 702 valence electrons. The molecule has 14 aromatic heterocycles. The standard InChI is InChI=1S/C31H26N6O2.C30H23N7O.C27H20ClN5O.C26H18ClN5O/c1-19(15-26-29-25(13-8-14-32-29)35-20(2)36-26)27-16-21-9-7-12-24(22-17-33-31(39-3)34-18-22)28(21)30(38)37(27)23-10-5-4-6-11-23;1-19(35-29-25(31-2)17-33-24-13-8-14-32-28(24)29)26-15-20-9-7-12-23(21-16-34-36(3)18-21)27(20)30(38)37(26)22-10-5-4-6-11-22;1-16-7-4-9-19(13-16)33-23(14-18-8-5-10-20(28)24(18)27(33)34)17(2)32-26-22(29-3)15-31-21-11-6-12-30-25(21)26;1-16(31-25-21(28-2)15-30-20-12-7-13-29-24(20)25)22-14-17-8-6-11-19(27)23(17)26(33)32(22)18-9-4-3-5-10-18/h4-14,16-19H,15H2,1-3H3;4-19H,1,3H3,(H,33,35);4-15,17H,1-2H3,(H,31,32);3-16H,1H3,(H,30,31)/t2*19-;17-;16-/m1000/s1. The minimum Gasteiger partial charge on any atom is -0.467 e. The van der Waals surface area contributed by atoms with Crippen molar-refractivity contribution in [3.05, 3.63) is 455 Å². The van der Waals surface area contributed by atoms with Gasteiger partial charge in [0.2, 0.25) is 17.1 Å². The van der Waals surface area contributed by atoms with E-state index in [0.29, 0.717) is 111 Å². The number of hydrogen-bond acceptors (Lipinski definition) is 20. The van der Waals surface area contributed by atoms with Crippen LogP contribution in [-0.4, -0.2) is 90.0 Å². The van der Waals surface area contributed by atoms with Crippen LogP contribution >= 0.6 is 23.2 Å². The summed E-state index contributed by atoms with van der Waals surface area (Å²) in [6.07, 6.45) is 19.1. The van der Waals surface area contributed by atoms with Crippen molar-refractivity contribution in [2.24, 2.45) is 7.05 Å². The Kier molecular flexibility index (Phi) is 26.9. The second kappa shape index (κ2) is 41.2. The summed E-state index contributed by atoms with van der Waals surface area (Å²) in [5, 5.41) is 20.9. The largest absolute Gasteiger partial charge is 0.467 e. The molecule has 144 heavy (non-hydrogen) atoms. The van der Waals surface area contributed by atoms with Crippen LogP contribution in [0.5, 0.6) is 6.01 Å². The number of fused-ring (bicyclic) bond motifs is 8. The Bertz CT molecular complexity index is 9160. The summed E-state index contributed by atoms with van der Waals surface area (Å²) < 4.78 is 13.8. The van der Waals surface area contributed by atoms with E-state index < -0.39 is 0 Å². The van der Waals surface area contributed by atoms with Gasteiger partial charge in [0, 0.05) is 138 Å². The van der Waals surface area contributed by atoms with E-state index in [9.17, 15) is 19.2 Å². The van der Waals surface area contributed by atoms with Crippen LogP contribution in [-0.2, 0) is 13.5 Å². The molecule has 0 saturated heterocycles. The maximum atomic E-state index is 14.3. The SMILES string of the molecule is COc1ncc(-c2cccc3cc([C@H](C)Cc4nc(C)nc5cccnc45)n(-c4ccccc4)c(=O)c23)cn1.[C-]#[N+]c1cnc2cccnc2c1N[C@@H](C)c1cc2cccc(-c3cnn(C)c3)c2c(=O)n1-c1ccccc1.[C-]#[N+]c1cnc2cccnc2c1N[C@@H](C)c1cc2cccc(Cl)c2c(=O)n1-c1cccc(C)c1.[C-]#[N+]c1cnc2cccnc2c1N[C@@H](C)c1cc2cccc(Cl)c2c(=O)n1-c1ccccc1. The summed E-state index contributed by atoms with van der Waals surface area (Å²) >= 11 is 12.9. The van der Waals surface area contributed by atoms with Gasteiger partial charge in [-0.05, 0) is 206 Å². The van der Waals surface area contributed by atoms with Gasteiger partial charge in [0.1, 0.15) is 27.9 Å². The van der Waals surface area contributed by atoms with Gasteiger partial charge in [-0.3, -0.25) is 77.0 Å². The minimum atomic E-state index is -0.345. The van der Waals surface area contributed by atoms with Crippen molar-refractivity contribution in [1.82, 2.24) is 82.9 Å². The van der Waals surface area contributed by atoms with E-state index in [1.165, 1.54) is 13.3 Å². The van der Waals surface area contributed by atoms with E-state index >= 15 is 0 Å². The lowest BCUT2D eigenvalue weighted by Crippen LogP contribution is -2.26. The predicted molar refractivity (Wildman–Crippen MR) is 570 cm³/mol. The Morgan fingerprint density at radius 3 is 1.15 bits per heavy atom. The molecule has 30 heteroatoms. The van der Waals surface area contributed by atoms with Crippen LogP contribution < -0.4 is 42.9 Å². The first-order chi connectivity index (χ1) is 70.1. The van der Waals surface area contributed by atoms with E-state index in [4.69, 9.17) is 52.6 Å². The Morgan fingerprint density at radius 2 is 0.736 bits per heavy atom. The second-order valence-electron chi connectivity index (χ2n) is 34.3. The molecular weight excluding hydrogens is 1840 g/mol. The third kappa shape index (κ3) is 18.8. The number of methoxy groups -OCH3 is 1. The van der Waals surface area contributed by atoms with Crippen LogP contribution in [0.4, 0.5) is 34.1 Å². The van der Waals surface area contributed by atoms with Crippen LogP contribution in [0.3, 0.4) is 0 Å². The molecule has 0 fully saturated rings. The van der Waals surface area contributed by atoms with Crippen LogP contribution in [0.1, 0.15) is 91.6 Å². The molecule has 28 nitrogen and oxygen atoms in total. The number of rotatable bonds is 19. The topological polar surface area (TPSA) is 306 Å². The molecule has 8 aromatic carbocycles. The number of anilines is 3. The first kappa shape index (κ1) is 94.3. The van der Waals surface area contributed by atoms with E-state index in [-0.39, 0.29) is 52.3 Å². The predicted octanol–water partition coefficient (Wildman–Crippen LogP) is 24.4. The fraction of sp³-hybridized carbons (Fsp3) is 0.114. The van der Waals surface area contributed by atoms with Gasteiger partial charge in [0.05, 0.1) is 128 Å². The molecule has 0 bridgehead atoms. The van der Waals surface area contributed by atoms with Crippen molar-refractivity contribution in [3.63, 3.8) is 0 Å². The Labute approximate surface area is 834 Å². The summed E-state index contributed by atoms with van der Waals surface area (Å²) in [6, 6.07) is 81.3. The zero-order chi connectivity index (χ0) is 99.9. The first-order valence-electron chi connectivity index (χ1n) is 46.0. The monoisotopic (exact) mass is 1930 g/mol. The molecule has 3 N–H and O–H groups in total. The number of para-hydroxylation sites is 3. The van der Waals surface area contributed by atoms with E-state index in [1.54, 1.807) is 92.4 Å². The average Bonchev–Trinajstić information content (AvgIpc) is 1.06. The lowest BCUT2D eigenvalue weighted by atomic mass is 9.95. The number of nitrogens with zero attached hydrogens (tertiary/aromatic N) is 20. The number of nitrogens with one attached hydrogen (secondary N) is 3. The molecule has 0 aliphatic heterocycles. The Morgan fingerprint density at radius 1 is 0.368 bits per heavy atom.